The minimum atomic E-state index is 0.913. The molecule has 0 aromatic carbocycles. The highest BCUT2D eigenvalue weighted by Gasteiger charge is 2.22. The van der Waals surface area contributed by atoms with Crippen molar-refractivity contribution in [2.45, 2.75) is 32.6 Å². The Morgan fingerprint density at radius 1 is 1.36 bits per heavy atom. The zero-order valence-corrected chi connectivity index (χ0v) is 7.22. The summed E-state index contributed by atoms with van der Waals surface area (Å²) >= 11 is 0. The molecule has 2 aliphatic carbocycles. The van der Waals surface area contributed by atoms with Gasteiger partial charge in [-0.25, -0.2) is 0 Å². The molecule has 2 atom stereocenters. The van der Waals surface area contributed by atoms with Crippen molar-refractivity contribution >= 4 is 0 Å². The zero-order valence-electron chi connectivity index (χ0n) is 7.22. The molecule has 0 aliphatic heterocycles. The van der Waals surface area contributed by atoms with E-state index in [4.69, 9.17) is 0 Å². The molecular formula is C11H16. The Bertz CT molecular complexity index is 198. The van der Waals surface area contributed by atoms with Crippen LogP contribution < -0.4 is 0 Å². The highest BCUT2D eigenvalue weighted by molar-refractivity contribution is 5.22. The second kappa shape index (κ2) is 2.84. The molecule has 0 heterocycles. The molecule has 2 rings (SSSR count). The summed E-state index contributed by atoms with van der Waals surface area (Å²) in [6.07, 6.45) is 12.4. The predicted molar refractivity (Wildman–Crippen MR) is 48.3 cm³/mol. The van der Waals surface area contributed by atoms with Gasteiger partial charge in [0.15, 0.2) is 0 Å². The first-order valence-electron chi connectivity index (χ1n) is 4.72. The van der Waals surface area contributed by atoms with E-state index in [1.807, 2.05) is 0 Å². The monoisotopic (exact) mass is 148 g/mol. The van der Waals surface area contributed by atoms with Gasteiger partial charge in [0.05, 0.1) is 0 Å². The second-order valence-corrected chi connectivity index (χ2v) is 3.99. The van der Waals surface area contributed by atoms with Crippen molar-refractivity contribution < 1.29 is 0 Å². The van der Waals surface area contributed by atoms with Crippen molar-refractivity contribution in [3.05, 3.63) is 23.8 Å². The average molecular weight is 148 g/mol. The second-order valence-electron chi connectivity index (χ2n) is 3.99. The minimum absolute atomic E-state index is 0.913. The van der Waals surface area contributed by atoms with E-state index < -0.39 is 0 Å². The van der Waals surface area contributed by atoms with Gasteiger partial charge in [-0.15, -0.1) is 0 Å². The van der Waals surface area contributed by atoms with Gasteiger partial charge in [0.25, 0.3) is 0 Å². The van der Waals surface area contributed by atoms with Crippen LogP contribution in [0.4, 0.5) is 0 Å². The van der Waals surface area contributed by atoms with Gasteiger partial charge in [0, 0.05) is 0 Å². The van der Waals surface area contributed by atoms with Gasteiger partial charge < -0.3 is 0 Å². The molecule has 0 N–H and O–H groups in total. The van der Waals surface area contributed by atoms with Gasteiger partial charge in [-0.3, -0.25) is 0 Å². The summed E-state index contributed by atoms with van der Waals surface area (Å²) in [5, 5.41) is 0. The van der Waals surface area contributed by atoms with Crippen LogP contribution in [0, 0.1) is 11.8 Å². The van der Waals surface area contributed by atoms with Crippen LogP contribution in [0.5, 0.6) is 0 Å². The molecule has 2 unspecified atom stereocenters. The smallest absolute Gasteiger partial charge is 0.0165 e. The lowest BCUT2D eigenvalue weighted by Crippen LogP contribution is -2.16. The lowest BCUT2D eigenvalue weighted by atomic mass is 9.76. The third-order valence-corrected chi connectivity index (χ3v) is 2.98. The van der Waals surface area contributed by atoms with E-state index in [-0.39, 0.29) is 0 Å². The van der Waals surface area contributed by atoms with Crippen LogP contribution in [0.1, 0.15) is 32.6 Å². The Kier molecular flexibility index (Phi) is 1.85. The molecule has 1 saturated carbocycles. The summed E-state index contributed by atoms with van der Waals surface area (Å²) < 4.78 is 0. The maximum absolute atomic E-state index is 2.37. The molecule has 0 heteroatoms. The average Bonchev–Trinajstić information content (AvgIpc) is 2.04. The first kappa shape index (κ1) is 7.15. The summed E-state index contributed by atoms with van der Waals surface area (Å²) in [4.78, 5) is 0. The third-order valence-electron chi connectivity index (χ3n) is 2.98. The standard InChI is InChI=1S/C11H16/c1-9-6-7-10-4-2-3-5-11(10)8-9/h2-3,5,9-10H,4,6-8H2,1H3. The van der Waals surface area contributed by atoms with Gasteiger partial charge in [0.1, 0.15) is 0 Å². The molecule has 0 nitrogen and oxygen atoms in total. The van der Waals surface area contributed by atoms with Gasteiger partial charge in [-0.1, -0.05) is 30.7 Å². The first-order chi connectivity index (χ1) is 5.36. The summed E-state index contributed by atoms with van der Waals surface area (Å²) in [5.74, 6) is 1.85. The lowest BCUT2D eigenvalue weighted by Gasteiger charge is -2.30. The van der Waals surface area contributed by atoms with Crippen LogP contribution in [0.2, 0.25) is 0 Å². The Balaban J connectivity index is 2.12. The highest BCUT2D eigenvalue weighted by atomic mass is 14.3. The molecule has 11 heavy (non-hydrogen) atoms. The van der Waals surface area contributed by atoms with E-state index in [2.05, 4.69) is 25.2 Å². The molecule has 0 radical (unpaired) electrons. The topological polar surface area (TPSA) is 0 Å². The normalized spacial score (nSPS) is 36.3. The molecular weight excluding hydrogens is 132 g/mol. The van der Waals surface area contributed by atoms with E-state index in [1.165, 1.54) is 25.7 Å². The quantitative estimate of drug-likeness (QED) is 0.494. The molecule has 0 aromatic heterocycles. The summed E-state index contributed by atoms with van der Waals surface area (Å²) in [6, 6.07) is 0. The number of fused-ring (bicyclic) bond motifs is 1. The lowest BCUT2D eigenvalue weighted by molar-refractivity contribution is 0.369. The van der Waals surface area contributed by atoms with Gasteiger partial charge in [-0.05, 0) is 37.5 Å². The van der Waals surface area contributed by atoms with E-state index in [0.717, 1.165) is 11.8 Å². The van der Waals surface area contributed by atoms with Crippen LogP contribution in [-0.2, 0) is 0 Å². The van der Waals surface area contributed by atoms with Crippen molar-refractivity contribution in [1.82, 2.24) is 0 Å². The molecule has 0 aromatic rings. The molecule has 60 valence electrons. The SMILES string of the molecule is CC1CCC2CC=CC=C2C1. The van der Waals surface area contributed by atoms with Crippen LogP contribution in [0.15, 0.2) is 23.8 Å². The predicted octanol–water partition coefficient (Wildman–Crippen LogP) is 3.31. The van der Waals surface area contributed by atoms with Crippen molar-refractivity contribution in [3.63, 3.8) is 0 Å². The summed E-state index contributed by atoms with van der Waals surface area (Å²) in [7, 11) is 0. The van der Waals surface area contributed by atoms with E-state index in [1.54, 1.807) is 5.57 Å². The van der Waals surface area contributed by atoms with Gasteiger partial charge in [-0.2, -0.15) is 0 Å². The first-order valence-corrected chi connectivity index (χ1v) is 4.72. The molecule has 0 spiro atoms. The Hall–Kier alpha value is -0.520. The fraction of sp³-hybridized carbons (Fsp3) is 0.636. The molecule has 0 bridgehead atoms. The maximum Gasteiger partial charge on any atom is -0.0165 e. The van der Waals surface area contributed by atoms with Crippen molar-refractivity contribution in [2.75, 3.05) is 0 Å². The van der Waals surface area contributed by atoms with Crippen LogP contribution in [0.3, 0.4) is 0 Å². The van der Waals surface area contributed by atoms with Crippen LogP contribution in [-0.4, -0.2) is 0 Å². The fourth-order valence-corrected chi connectivity index (χ4v) is 2.25. The summed E-state index contributed by atoms with van der Waals surface area (Å²) in [6.45, 7) is 2.37. The minimum Gasteiger partial charge on any atom is -0.0839 e. The van der Waals surface area contributed by atoms with Crippen LogP contribution in [0.25, 0.3) is 0 Å². The number of rotatable bonds is 0. The molecule has 0 saturated heterocycles. The van der Waals surface area contributed by atoms with E-state index >= 15 is 0 Å². The third kappa shape index (κ3) is 1.40. The number of hydrogen-bond donors (Lipinski definition) is 0. The Morgan fingerprint density at radius 2 is 2.27 bits per heavy atom. The van der Waals surface area contributed by atoms with Crippen molar-refractivity contribution in [2.24, 2.45) is 11.8 Å². The van der Waals surface area contributed by atoms with Crippen molar-refractivity contribution in [1.29, 1.82) is 0 Å². The summed E-state index contributed by atoms with van der Waals surface area (Å²) in [5.41, 5.74) is 1.71. The van der Waals surface area contributed by atoms with E-state index in [0.29, 0.717) is 0 Å². The Morgan fingerprint density at radius 3 is 3.18 bits per heavy atom. The van der Waals surface area contributed by atoms with Gasteiger partial charge in [0.2, 0.25) is 0 Å². The number of hydrogen-bond acceptors (Lipinski definition) is 0. The maximum atomic E-state index is 2.37. The molecule has 1 fully saturated rings. The van der Waals surface area contributed by atoms with E-state index in [9.17, 15) is 0 Å². The fourth-order valence-electron chi connectivity index (χ4n) is 2.25. The zero-order chi connectivity index (χ0) is 7.68. The Labute approximate surface area is 69.0 Å². The molecule has 0 amide bonds. The largest absolute Gasteiger partial charge is 0.0839 e. The highest BCUT2D eigenvalue weighted by Crippen LogP contribution is 2.36. The van der Waals surface area contributed by atoms with Crippen molar-refractivity contribution in [3.8, 4) is 0 Å². The number of allylic oxidation sites excluding steroid dienone is 4. The van der Waals surface area contributed by atoms with Crippen LogP contribution >= 0.6 is 0 Å². The molecule has 2 aliphatic rings. The van der Waals surface area contributed by atoms with Gasteiger partial charge >= 0.3 is 0 Å².